The third kappa shape index (κ3) is 5.34. The van der Waals surface area contributed by atoms with Crippen LogP contribution in [0.25, 0.3) is 0 Å². The zero-order valence-corrected chi connectivity index (χ0v) is 14.9. The van der Waals surface area contributed by atoms with Crippen molar-refractivity contribution in [2.24, 2.45) is 0 Å². The molecule has 0 aliphatic heterocycles. The van der Waals surface area contributed by atoms with Gasteiger partial charge in [0.05, 0.1) is 5.56 Å². The number of urea groups is 1. The molecule has 0 saturated carbocycles. The van der Waals surface area contributed by atoms with E-state index in [1.807, 2.05) is 6.07 Å². The molecule has 0 aliphatic rings. The average molecular weight is 438 g/mol. The van der Waals surface area contributed by atoms with Crippen molar-refractivity contribution in [2.45, 2.75) is 13.0 Å². The minimum atomic E-state index is -1.10. The molecule has 0 saturated heterocycles. The first kappa shape index (κ1) is 17.9. The number of benzene rings is 2. The van der Waals surface area contributed by atoms with Crippen LogP contribution < -0.4 is 10.6 Å². The SMILES string of the molecule is CC(OC(=O)c1cccc(I)c1)C(=O)NC(=O)Nc1ccccc1. The number of rotatable bonds is 4. The van der Waals surface area contributed by atoms with Gasteiger partial charge in [0.15, 0.2) is 6.10 Å². The predicted octanol–water partition coefficient (Wildman–Crippen LogP) is 3.18. The van der Waals surface area contributed by atoms with Crippen LogP contribution in [-0.4, -0.2) is 24.0 Å². The first-order valence-corrected chi connectivity index (χ1v) is 8.17. The molecule has 2 N–H and O–H groups in total. The first-order chi connectivity index (χ1) is 11.5. The monoisotopic (exact) mass is 438 g/mol. The second-order valence-corrected chi connectivity index (χ2v) is 6.11. The number of hydrogen-bond acceptors (Lipinski definition) is 4. The number of ether oxygens (including phenoxy) is 1. The number of para-hydroxylation sites is 1. The van der Waals surface area contributed by atoms with Gasteiger partial charge in [-0.15, -0.1) is 0 Å². The first-order valence-electron chi connectivity index (χ1n) is 7.09. The highest BCUT2D eigenvalue weighted by Crippen LogP contribution is 2.10. The van der Waals surface area contributed by atoms with Crippen molar-refractivity contribution in [1.82, 2.24) is 5.32 Å². The summed E-state index contributed by atoms with van der Waals surface area (Å²) in [5.74, 6) is -1.33. The van der Waals surface area contributed by atoms with E-state index in [4.69, 9.17) is 4.74 Å². The largest absolute Gasteiger partial charge is 0.449 e. The van der Waals surface area contributed by atoms with Gasteiger partial charge in [0.1, 0.15) is 0 Å². The number of nitrogens with one attached hydrogen (secondary N) is 2. The third-order valence-corrected chi connectivity index (χ3v) is 3.65. The molecule has 7 heteroatoms. The molecule has 2 aromatic carbocycles. The molecule has 124 valence electrons. The van der Waals surface area contributed by atoms with Gasteiger partial charge in [-0.1, -0.05) is 24.3 Å². The maximum Gasteiger partial charge on any atom is 0.338 e. The summed E-state index contributed by atoms with van der Waals surface area (Å²) in [6.45, 7) is 1.40. The van der Waals surface area contributed by atoms with Gasteiger partial charge >= 0.3 is 12.0 Å². The van der Waals surface area contributed by atoms with Gasteiger partial charge in [0.25, 0.3) is 5.91 Å². The van der Waals surface area contributed by atoms with E-state index >= 15 is 0 Å². The molecular formula is C17H15IN2O4. The topological polar surface area (TPSA) is 84.5 Å². The maximum atomic E-state index is 12.0. The van der Waals surface area contributed by atoms with Crippen molar-refractivity contribution in [3.05, 3.63) is 63.7 Å². The molecule has 0 fully saturated rings. The number of anilines is 1. The van der Waals surface area contributed by atoms with Crippen LogP contribution in [0.1, 0.15) is 17.3 Å². The van der Waals surface area contributed by atoms with Gasteiger partial charge in [-0.25, -0.2) is 9.59 Å². The smallest absolute Gasteiger partial charge is 0.338 e. The molecule has 24 heavy (non-hydrogen) atoms. The Balaban J connectivity index is 1.87. The van der Waals surface area contributed by atoms with Gasteiger partial charge in [-0.3, -0.25) is 10.1 Å². The number of imide groups is 1. The lowest BCUT2D eigenvalue weighted by molar-refractivity contribution is -0.127. The van der Waals surface area contributed by atoms with Crippen LogP contribution in [-0.2, 0) is 9.53 Å². The van der Waals surface area contributed by atoms with Crippen LogP contribution in [0.15, 0.2) is 54.6 Å². The van der Waals surface area contributed by atoms with Crippen molar-refractivity contribution in [1.29, 1.82) is 0 Å². The fraction of sp³-hybridized carbons (Fsp3) is 0.118. The number of halogens is 1. The van der Waals surface area contributed by atoms with E-state index in [1.54, 1.807) is 48.5 Å². The molecule has 2 aromatic rings. The second-order valence-electron chi connectivity index (χ2n) is 4.87. The Kier molecular flexibility index (Phi) is 6.30. The second kappa shape index (κ2) is 8.44. The van der Waals surface area contributed by atoms with Crippen molar-refractivity contribution >= 4 is 46.2 Å². The van der Waals surface area contributed by atoms with Gasteiger partial charge in [0, 0.05) is 9.26 Å². The number of esters is 1. The van der Waals surface area contributed by atoms with Crippen molar-refractivity contribution in [3.8, 4) is 0 Å². The summed E-state index contributed by atoms with van der Waals surface area (Å²) in [6, 6.07) is 14.8. The number of carbonyl (C=O) groups excluding carboxylic acids is 3. The van der Waals surface area contributed by atoms with Crippen molar-refractivity contribution < 1.29 is 19.1 Å². The van der Waals surface area contributed by atoms with E-state index in [0.29, 0.717) is 11.3 Å². The van der Waals surface area contributed by atoms with Crippen LogP contribution in [0.3, 0.4) is 0 Å². The fourth-order valence-electron chi connectivity index (χ4n) is 1.79. The lowest BCUT2D eigenvalue weighted by atomic mass is 10.2. The van der Waals surface area contributed by atoms with E-state index in [-0.39, 0.29) is 0 Å². The standard InChI is InChI=1S/C17H15IN2O4/c1-11(24-16(22)12-6-5-7-13(18)10-12)15(21)20-17(23)19-14-8-3-2-4-9-14/h2-11H,1H3,(H2,19,20,21,23). The highest BCUT2D eigenvalue weighted by molar-refractivity contribution is 14.1. The normalized spacial score (nSPS) is 11.2. The van der Waals surface area contributed by atoms with Crippen LogP contribution in [0, 0.1) is 3.57 Å². The Bertz CT molecular complexity index is 749. The summed E-state index contributed by atoms with van der Waals surface area (Å²) >= 11 is 2.07. The molecule has 0 aliphatic carbocycles. The summed E-state index contributed by atoms with van der Waals surface area (Å²) in [5.41, 5.74) is 0.890. The molecule has 0 radical (unpaired) electrons. The molecular weight excluding hydrogens is 423 g/mol. The highest BCUT2D eigenvalue weighted by Gasteiger charge is 2.21. The minimum Gasteiger partial charge on any atom is -0.449 e. The third-order valence-electron chi connectivity index (χ3n) is 2.98. The molecule has 0 spiro atoms. The number of hydrogen-bond donors (Lipinski definition) is 2. The average Bonchev–Trinajstić information content (AvgIpc) is 2.55. The quantitative estimate of drug-likeness (QED) is 0.568. The van der Waals surface area contributed by atoms with E-state index in [2.05, 4.69) is 33.2 Å². The van der Waals surface area contributed by atoms with Crippen molar-refractivity contribution in [2.75, 3.05) is 5.32 Å². The summed E-state index contributed by atoms with van der Waals surface area (Å²) in [5, 5.41) is 4.64. The number of carbonyl (C=O) groups is 3. The van der Waals surface area contributed by atoms with Gasteiger partial charge in [-0.2, -0.15) is 0 Å². The molecule has 3 amide bonds. The zero-order valence-electron chi connectivity index (χ0n) is 12.8. The summed E-state index contributed by atoms with van der Waals surface area (Å²) < 4.78 is 5.95. The summed E-state index contributed by atoms with van der Waals surface area (Å²) in [7, 11) is 0. The Morgan fingerprint density at radius 1 is 1.04 bits per heavy atom. The van der Waals surface area contributed by atoms with Crippen LogP contribution in [0.4, 0.5) is 10.5 Å². The maximum absolute atomic E-state index is 12.0. The van der Waals surface area contributed by atoms with Crippen LogP contribution in [0.2, 0.25) is 0 Å². The Morgan fingerprint density at radius 3 is 2.42 bits per heavy atom. The van der Waals surface area contributed by atoms with E-state index in [0.717, 1.165) is 3.57 Å². The summed E-state index contributed by atoms with van der Waals surface area (Å²) in [6.07, 6.45) is -1.10. The molecule has 1 atom stereocenters. The molecule has 0 heterocycles. The highest BCUT2D eigenvalue weighted by atomic mass is 127. The minimum absolute atomic E-state index is 0.343. The van der Waals surface area contributed by atoms with Gasteiger partial charge < -0.3 is 10.1 Å². The lowest BCUT2D eigenvalue weighted by Crippen LogP contribution is -2.41. The molecule has 6 nitrogen and oxygen atoms in total. The molecule has 0 aromatic heterocycles. The van der Waals surface area contributed by atoms with E-state index in [1.165, 1.54) is 6.92 Å². The van der Waals surface area contributed by atoms with Gasteiger partial charge in [-0.05, 0) is 59.8 Å². The van der Waals surface area contributed by atoms with Crippen LogP contribution in [0.5, 0.6) is 0 Å². The Labute approximate surface area is 152 Å². The molecule has 0 bridgehead atoms. The zero-order chi connectivity index (χ0) is 17.5. The van der Waals surface area contributed by atoms with Crippen LogP contribution >= 0.6 is 22.6 Å². The summed E-state index contributed by atoms with van der Waals surface area (Å²) in [4.78, 5) is 35.7. The Hall–Kier alpha value is -2.42. The van der Waals surface area contributed by atoms with E-state index in [9.17, 15) is 14.4 Å². The lowest BCUT2D eigenvalue weighted by Gasteiger charge is -2.13. The fourth-order valence-corrected chi connectivity index (χ4v) is 2.34. The Morgan fingerprint density at radius 2 is 1.75 bits per heavy atom. The predicted molar refractivity (Wildman–Crippen MR) is 97.6 cm³/mol. The van der Waals surface area contributed by atoms with E-state index < -0.39 is 24.0 Å². The van der Waals surface area contributed by atoms with Gasteiger partial charge in [0.2, 0.25) is 0 Å². The molecule has 2 rings (SSSR count). The van der Waals surface area contributed by atoms with Crippen molar-refractivity contribution in [3.63, 3.8) is 0 Å². The number of amides is 3. The molecule has 1 unspecified atom stereocenters.